The molecule has 4 atom stereocenters. The number of hydrogen-bond acceptors (Lipinski definition) is 7. The number of ether oxygens (including phenoxy) is 4. The van der Waals surface area contributed by atoms with Gasteiger partial charge in [-0.3, -0.25) is 4.79 Å². The fraction of sp³-hybridized carbons (Fsp3) is 0.481. The van der Waals surface area contributed by atoms with Gasteiger partial charge < -0.3 is 29.6 Å². The van der Waals surface area contributed by atoms with Gasteiger partial charge in [-0.1, -0.05) is 37.3 Å². The zero-order valence-corrected chi connectivity index (χ0v) is 22.1. The summed E-state index contributed by atoms with van der Waals surface area (Å²) in [6.45, 7) is 2.75. The van der Waals surface area contributed by atoms with Crippen molar-refractivity contribution in [1.29, 1.82) is 0 Å². The number of amides is 1. The number of esters is 1. The summed E-state index contributed by atoms with van der Waals surface area (Å²) in [6.07, 6.45) is 2.04. The molecule has 3 rings (SSSR count). The van der Waals surface area contributed by atoms with Gasteiger partial charge in [0.15, 0.2) is 0 Å². The predicted octanol–water partition coefficient (Wildman–Crippen LogP) is 3.30. The third kappa shape index (κ3) is 7.85. The van der Waals surface area contributed by atoms with Crippen molar-refractivity contribution in [3.8, 4) is 11.5 Å². The Morgan fingerprint density at radius 2 is 1.83 bits per heavy atom. The molecular formula is C27H37ClN2O6. The molecule has 1 aliphatic rings. The number of hydrogen-bond donors (Lipinski definition) is 2. The first-order chi connectivity index (χ1) is 17.0. The van der Waals surface area contributed by atoms with Gasteiger partial charge >= 0.3 is 5.97 Å². The molecular weight excluding hydrogens is 484 g/mol. The fourth-order valence-corrected chi connectivity index (χ4v) is 4.42. The van der Waals surface area contributed by atoms with Crippen molar-refractivity contribution in [2.24, 2.45) is 5.92 Å². The molecule has 1 saturated heterocycles. The van der Waals surface area contributed by atoms with Gasteiger partial charge in [0.1, 0.15) is 24.1 Å². The second-order valence-electron chi connectivity index (χ2n) is 8.73. The Morgan fingerprint density at radius 1 is 1.08 bits per heavy atom. The smallest absolute Gasteiger partial charge is 0.329 e. The second-order valence-corrected chi connectivity index (χ2v) is 8.73. The second kappa shape index (κ2) is 14.7. The highest BCUT2D eigenvalue weighted by Crippen LogP contribution is 2.25. The number of rotatable bonds is 12. The molecule has 0 aliphatic carbocycles. The summed E-state index contributed by atoms with van der Waals surface area (Å²) in [7, 11) is 4.74. The minimum atomic E-state index is -0.842. The lowest BCUT2D eigenvalue weighted by Gasteiger charge is -2.29. The van der Waals surface area contributed by atoms with Crippen molar-refractivity contribution in [2.45, 2.75) is 51.0 Å². The summed E-state index contributed by atoms with van der Waals surface area (Å²) in [4.78, 5) is 26.3. The van der Waals surface area contributed by atoms with Gasteiger partial charge in [0, 0.05) is 31.2 Å². The summed E-state index contributed by atoms with van der Waals surface area (Å²) in [5.74, 6) is 0.0000423. The highest BCUT2D eigenvalue weighted by Gasteiger charge is 2.35. The first kappa shape index (κ1) is 29.4. The van der Waals surface area contributed by atoms with Crippen LogP contribution in [0.25, 0.3) is 0 Å². The van der Waals surface area contributed by atoms with Crippen LogP contribution in [0.2, 0.25) is 0 Å². The van der Waals surface area contributed by atoms with Crippen LogP contribution in [-0.2, 0) is 32.1 Å². The average molecular weight is 521 g/mol. The molecule has 36 heavy (non-hydrogen) atoms. The van der Waals surface area contributed by atoms with Crippen molar-refractivity contribution in [3.63, 3.8) is 0 Å². The first-order valence-corrected chi connectivity index (χ1v) is 11.9. The van der Waals surface area contributed by atoms with E-state index in [1.54, 1.807) is 39.5 Å². The van der Waals surface area contributed by atoms with Crippen LogP contribution in [0.4, 0.5) is 0 Å². The molecule has 0 radical (unpaired) electrons. The molecule has 2 N–H and O–H groups in total. The van der Waals surface area contributed by atoms with E-state index in [0.29, 0.717) is 23.5 Å². The first-order valence-electron chi connectivity index (χ1n) is 11.9. The Balaban J connectivity index is 0.00000456. The maximum absolute atomic E-state index is 13.2. The van der Waals surface area contributed by atoms with Crippen LogP contribution in [0, 0.1) is 5.92 Å². The number of carbonyl (C=O) groups excluding carboxylic acids is 2. The highest BCUT2D eigenvalue weighted by molar-refractivity contribution is 5.86. The minimum absolute atomic E-state index is 0. The van der Waals surface area contributed by atoms with E-state index >= 15 is 0 Å². The Bertz CT molecular complexity index is 968. The topological polar surface area (TPSA) is 95.1 Å². The van der Waals surface area contributed by atoms with E-state index in [2.05, 4.69) is 10.6 Å². The lowest BCUT2D eigenvalue weighted by molar-refractivity contribution is -0.150. The van der Waals surface area contributed by atoms with Gasteiger partial charge in [0.05, 0.1) is 26.2 Å². The summed E-state index contributed by atoms with van der Waals surface area (Å²) >= 11 is 0. The Kier molecular flexibility index (Phi) is 12.0. The maximum Gasteiger partial charge on any atom is 0.329 e. The van der Waals surface area contributed by atoms with E-state index in [4.69, 9.17) is 18.9 Å². The fourth-order valence-electron chi connectivity index (χ4n) is 4.42. The summed E-state index contributed by atoms with van der Waals surface area (Å²) in [5.41, 5.74) is 1.62. The van der Waals surface area contributed by atoms with Crippen LogP contribution in [0.5, 0.6) is 11.5 Å². The number of methoxy groups -OCH3 is 3. The van der Waals surface area contributed by atoms with Crippen LogP contribution in [-0.4, -0.2) is 57.9 Å². The molecule has 2 aromatic rings. The van der Waals surface area contributed by atoms with Crippen molar-refractivity contribution in [2.75, 3.05) is 27.9 Å². The summed E-state index contributed by atoms with van der Waals surface area (Å²) in [5, 5.41) is 6.31. The molecule has 1 fully saturated rings. The molecule has 8 nitrogen and oxygen atoms in total. The highest BCUT2D eigenvalue weighted by atomic mass is 35.5. The molecule has 0 spiro atoms. The largest absolute Gasteiger partial charge is 0.497 e. The number of carbonyl (C=O) groups is 2. The zero-order chi connectivity index (χ0) is 25.2. The molecule has 1 amide bonds. The molecule has 2 aromatic carbocycles. The van der Waals surface area contributed by atoms with Gasteiger partial charge in [0.2, 0.25) is 5.91 Å². The van der Waals surface area contributed by atoms with Gasteiger partial charge in [-0.2, -0.15) is 0 Å². The van der Waals surface area contributed by atoms with Gasteiger partial charge in [0.25, 0.3) is 0 Å². The van der Waals surface area contributed by atoms with Crippen LogP contribution in [0.3, 0.4) is 0 Å². The van der Waals surface area contributed by atoms with Crippen molar-refractivity contribution < 1.29 is 28.5 Å². The quantitative estimate of drug-likeness (QED) is 0.415. The normalized spacial score (nSPS) is 17.3. The lowest BCUT2D eigenvalue weighted by atomic mass is 9.95. The van der Waals surface area contributed by atoms with Gasteiger partial charge in [-0.25, -0.2) is 4.79 Å². The standard InChI is InChI=1S/C27H36N2O6.ClH/c1-18(25(34-4)22-11-8-14-28-22)26(30)29-23(15-19-9-6-5-7-10-19)27(31)35-17-20-12-13-21(32-2)16-24(20)33-3;/h5-7,9-10,12-13,16,18,22-23,25,28H,8,11,14-15,17H2,1-4H3,(H,29,30);1H/t18-,22+,23+,25-;/m1./s1. The van der Waals surface area contributed by atoms with Crippen LogP contribution >= 0.6 is 12.4 Å². The summed E-state index contributed by atoms with van der Waals surface area (Å²) in [6, 6.07) is 14.1. The van der Waals surface area contributed by atoms with Crippen LogP contribution in [0.1, 0.15) is 30.9 Å². The number of benzene rings is 2. The molecule has 198 valence electrons. The van der Waals surface area contributed by atoms with E-state index in [9.17, 15) is 9.59 Å². The van der Waals surface area contributed by atoms with Gasteiger partial charge in [-0.05, 0) is 37.1 Å². The number of halogens is 1. The van der Waals surface area contributed by atoms with E-state index in [-0.39, 0.29) is 37.1 Å². The molecule has 1 heterocycles. The third-order valence-electron chi connectivity index (χ3n) is 6.42. The molecule has 0 aromatic heterocycles. The molecule has 0 saturated carbocycles. The predicted molar refractivity (Wildman–Crippen MR) is 140 cm³/mol. The van der Waals surface area contributed by atoms with Crippen molar-refractivity contribution in [3.05, 3.63) is 59.7 Å². The Labute approximate surface area is 219 Å². The Morgan fingerprint density at radius 3 is 2.44 bits per heavy atom. The summed E-state index contributed by atoms with van der Waals surface area (Å²) < 4.78 is 21.9. The average Bonchev–Trinajstić information content (AvgIpc) is 3.42. The van der Waals surface area contributed by atoms with E-state index in [1.165, 1.54) is 0 Å². The molecule has 0 bridgehead atoms. The van der Waals surface area contributed by atoms with Crippen LogP contribution in [0.15, 0.2) is 48.5 Å². The van der Waals surface area contributed by atoms with Crippen molar-refractivity contribution >= 4 is 24.3 Å². The maximum atomic E-state index is 13.2. The number of nitrogens with one attached hydrogen (secondary N) is 2. The Hall–Kier alpha value is -2.81. The zero-order valence-electron chi connectivity index (χ0n) is 21.3. The monoisotopic (exact) mass is 520 g/mol. The van der Waals surface area contributed by atoms with E-state index in [1.807, 2.05) is 37.3 Å². The van der Waals surface area contributed by atoms with E-state index < -0.39 is 17.9 Å². The SMILES string of the molecule is COc1ccc(COC(=O)[C@H](Cc2ccccc2)NC(=O)[C@H](C)[C@@H](OC)[C@@H]2CCCN2)c(OC)c1.Cl. The molecule has 1 aliphatic heterocycles. The minimum Gasteiger partial charge on any atom is -0.497 e. The molecule has 0 unspecified atom stereocenters. The molecule has 9 heteroatoms. The van der Waals surface area contributed by atoms with E-state index in [0.717, 1.165) is 24.9 Å². The lowest BCUT2D eigenvalue weighted by Crippen LogP contribution is -2.51. The van der Waals surface area contributed by atoms with Crippen LogP contribution < -0.4 is 20.1 Å². The van der Waals surface area contributed by atoms with Gasteiger partial charge in [-0.15, -0.1) is 12.4 Å². The third-order valence-corrected chi connectivity index (χ3v) is 6.42. The van der Waals surface area contributed by atoms with Crippen molar-refractivity contribution in [1.82, 2.24) is 10.6 Å².